The lowest BCUT2D eigenvalue weighted by Gasteiger charge is -2.42. The predicted octanol–water partition coefficient (Wildman–Crippen LogP) is 2.47. The zero-order valence-electron chi connectivity index (χ0n) is 18.3. The van der Waals surface area contributed by atoms with Gasteiger partial charge in [-0.3, -0.25) is 0 Å². The Balaban J connectivity index is 1.60. The van der Waals surface area contributed by atoms with Crippen LogP contribution in [-0.4, -0.2) is 51.8 Å². The Bertz CT molecular complexity index is 1430. The topological polar surface area (TPSA) is 126 Å². The molecule has 0 amide bonds. The molecule has 1 aliphatic heterocycles. The fourth-order valence-corrected chi connectivity index (χ4v) is 7.41. The fraction of sp³-hybridized carbons (Fsp3) is 0.318. The van der Waals surface area contributed by atoms with Crippen molar-refractivity contribution in [3.63, 3.8) is 0 Å². The van der Waals surface area contributed by atoms with E-state index in [1.54, 1.807) is 12.3 Å². The Morgan fingerprint density at radius 2 is 1.85 bits per heavy atom. The first-order chi connectivity index (χ1) is 15.7. The van der Waals surface area contributed by atoms with Crippen molar-refractivity contribution in [1.29, 1.82) is 5.26 Å². The number of sulfonamides is 1. The summed E-state index contributed by atoms with van der Waals surface area (Å²) >= 11 is 0. The summed E-state index contributed by atoms with van der Waals surface area (Å²) in [7, 11) is -8.49. The number of nitrogens with one attached hydrogen (secondary N) is 2. The minimum Gasteiger partial charge on any atom is -0.364 e. The minimum atomic E-state index is -4.27. The molecule has 0 saturated carbocycles. The highest BCUT2D eigenvalue weighted by molar-refractivity contribution is 8.03. The van der Waals surface area contributed by atoms with Crippen molar-refractivity contribution < 1.29 is 16.8 Å². The molecule has 0 bridgehead atoms. The molecule has 1 saturated heterocycles. The maximum atomic E-state index is 13.0. The molecular weight excluding hydrogens is 462 g/mol. The van der Waals surface area contributed by atoms with Crippen LogP contribution >= 0.6 is 0 Å². The summed E-state index contributed by atoms with van der Waals surface area (Å²) in [5, 5.41) is 10.3. The van der Waals surface area contributed by atoms with Crippen molar-refractivity contribution in [3.05, 3.63) is 59.8 Å². The van der Waals surface area contributed by atoms with Gasteiger partial charge in [0.05, 0.1) is 21.7 Å². The number of nitriles is 1. The second kappa shape index (κ2) is 8.79. The highest BCUT2D eigenvalue weighted by Crippen LogP contribution is 2.33. The van der Waals surface area contributed by atoms with Crippen molar-refractivity contribution in [2.75, 3.05) is 24.5 Å². The standard InChI is InChI=1S/C22H25N5O4S2/c1-3-18-15-26(33(30,31)25-32(28,29)19-7-5-4-6-8-19)11-12-27(18)20-10-9-16(2)21-17(13-23)14-24-22(20)21/h4-10,14,18,24-25H,3,11-12,15H2,1-2H3. The number of hydrogen-bond donors (Lipinski definition) is 2. The van der Waals surface area contributed by atoms with Crippen LogP contribution in [-0.2, 0) is 20.2 Å². The average Bonchev–Trinajstić information content (AvgIpc) is 3.24. The van der Waals surface area contributed by atoms with E-state index in [4.69, 9.17) is 0 Å². The maximum Gasteiger partial charge on any atom is 0.292 e. The third-order valence-electron chi connectivity index (χ3n) is 5.98. The first-order valence-electron chi connectivity index (χ1n) is 10.5. The number of rotatable bonds is 6. The molecule has 2 aromatic carbocycles. The van der Waals surface area contributed by atoms with Crippen LogP contribution in [0.1, 0.15) is 24.5 Å². The van der Waals surface area contributed by atoms with Crippen LogP contribution in [0.25, 0.3) is 10.9 Å². The van der Waals surface area contributed by atoms with Crippen molar-refractivity contribution in [1.82, 2.24) is 13.4 Å². The quantitative estimate of drug-likeness (QED) is 0.550. The van der Waals surface area contributed by atoms with Crippen molar-refractivity contribution in [2.24, 2.45) is 0 Å². The van der Waals surface area contributed by atoms with Gasteiger partial charge in [0.25, 0.3) is 20.2 Å². The molecule has 0 spiro atoms. The SMILES string of the molecule is CCC1CN(S(=O)(=O)NS(=O)(=O)c2ccccc2)CCN1c1ccc(C)c2c(C#N)c[nH]c12. The summed E-state index contributed by atoms with van der Waals surface area (Å²) in [4.78, 5) is 5.21. The van der Waals surface area contributed by atoms with E-state index in [2.05, 4.69) is 16.0 Å². The summed E-state index contributed by atoms with van der Waals surface area (Å²) in [6.07, 6.45) is 2.33. The molecule has 2 N–H and O–H groups in total. The second-order valence-corrected chi connectivity index (χ2v) is 11.6. The summed E-state index contributed by atoms with van der Waals surface area (Å²) < 4.78 is 54.1. The van der Waals surface area contributed by atoms with Crippen molar-refractivity contribution >= 4 is 36.8 Å². The van der Waals surface area contributed by atoms with Crippen LogP contribution in [0, 0.1) is 18.3 Å². The molecule has 3 aromatic rings. The summed E-state index contributed by atoms with van der Waals surface area (Å²) in [5.74, 6) is 0. The Hall–Kier alpha value is -2.91. The number of fused-ring (bicyclic) bond motifs is 1. The van der Waals surface area contributed by atoms with E-state index in [-0.39, 0.29) is 24.0 Å². The molecule has 9 nitrogen and oxygen atoms in total. The second-order valence-electron chi connectivity index (χ2n) is 7.98. The zero-order chi connectivity index (χ0) is 23.8. The van der Waals surface area contributed by atoms with Gasteiger partial charge in [0.1, 0.15) is 6.07 Å². The van der Waals surface area contributed by atoms with Crippen LogP contribution in [0.5, 0.6) is 0 Å². The third kappa shape index (κ3) is 4.35. The van der Waals surface area contributed by atoms with Gasteiger partial charge in [0.2, 0.25) is 0 Å². The van der Waals surface area contributed by atoms with Gasteiger partial charge in [-0.15, -0.1) is 0 Å². The van der Waals surface area contributed by atoms with Crippen LogP contribution in [0.4, 0.5) is 5.69 Å². The van der Waals surface area contributed by atoms with Gasteiger partial charge in [0, 0.05) is 37.3 Å². The number of hydrogen-bond acceptors (Lipinski definition) is 6. The van der Waals surface area contributed by atoms with E-state index in [0.717, 1.165) is 22.2 Å². The Kier molecular flexibility index (Phi) is 6.20. The number of piperazine rings is 1. The average molecular weight is 488 g/mol. The van der Waals surface area contributed by atoms with Gasteiger partial charge in [0.15, 0.2) is 0 Å². The molecular formula is C22H25N5O4S2. The molecule has 1 aliphatic rings. The predicted molar refractivity (Wildman–Crippen MR) is 126 cm³/mol. The highest BCUT2D eigenvalue weighted by Gasteiger charge is 2.36. The number of H-pyrrole nitrogens is 1. The summed E-state index contributed by atoms with van der Waals surface area (Å²) in [6.45, 7) is 4.54. The van der Waals surface area contributed by atoms with E-state index in [9.17, 15) is 22.1 Å². The first-order valence-corrected chi connectivity index (χ1v) is 13.5. The molecule has 0 aliphatic carbocycles. The van der Waals surface area contributed by atoms with Gasteiger partial charge in [-0.2, -0.15) is 18.0 Å². The Morgan fingerprint density at radius 1 is 1.12 bits per heavy atom. The molecule has 174 valence electrons. The van der Waals surface area contributed by atoms with Crippen LogP contribution < -0.4 is 9.03 Å². The number of aromatic nitrogens is 1. The zero-order valence-corrected chi connectivity index (χ0v) is 19.9. The van der Waals surface area contributed by atoms with E-state index < -0.39 is 20.2 Å². The normalized spacial score (nSPS) is 17.8. The van der Waals surface area contributed by atoms with E-state index in [0.29, 0.717) is 18.5 Å². The first kappa shape index (κ1) is 23.3. The van der Waals surface area contributed by atoms with E-state index in [1.807, 2.05) is 30.1 Å². The number of anilines is 1. The molecule has 1 fully saturated rings. The largest absolute Gasteiger partial charge is 0.364 e. The minimum absolute atomic E-state index is 0.110. The third-order valence-corrected chi connectivity index (χ3v) is 9.60. The highest BCUT2D eigenvalue weighted by atomic mass is 32.3. The molecule has 1 aromatic heterocycles. The van der Waals surface area contributed by atoms with Gasteiger partial charge < -0.3 is 9.88 Å². The van der Waals surface area contributed by atoms with Gasteiger partial charge in [-0.1, -0.05) is 35.3 Å². The number of nitrogens with zero attached hydrogens (tertiary/aromatic N) is 3. The Morgan fingerprint density at radius 3 is 2.52 bits per heavy atom. The fourth-order valence-electron chi connectivity index (χ4n) is 4.28. The maximum absolute atomic E-state index is 13.0. The molecule has 4 rings (SSSR count). The van der Waals surface area contributed by atoms with Gasteiger partial charge in [-0.05, 0) is 37.1 Å². The number of aryl methyl sites for hydroxylation is 1. The van der Waals surface area contributed by atoms with Gasteiger partial charge in [-0.25, -0.2) is 8.42 Å². The number of aromatic amines is 1. The van der Waals surface area contributed by atoms with Crippen LogP contribution in [0.15, 0.2) is 53.6 Å². The molecule has 11 heteroatoms. The lowest BCUT2D eigenvalue weighted by Crippen LogP contribution is -2.57. The van der Waals surface area contributed by atoms with E-state index >= 15 is 0 Å². The lowest BCUT2D eigenvalue weighted by atomic mass is 10.0. The monoisotopic (exact) mass is 487 g/mol. The molecule has 0 radical (unpaired) electrons. The van der Waals surface area contributed by atoms with Gasteiger partial charge >= 0.3 is 0 Å². The Labute approximate surface area is 193 Å². The summed E-state index contributed by atoms with van der Waals surface area (Å²) in [6, 6.07) is 13.4. The van der Waals surface area contributed by atoms with Crippen molar-refractivity contribution in [3.8, 4) is 6.07 Å². The lowest BCUT2D eigenvalue weighted by molar-refractivity contribution is 0.326. The molecule has 1 atom stereocenters. The molecule has 2 heterocycles. The van der Waals surface area contributed by atoms with Crippen LogP contribution in [0.2, 0.25) is 0 Å². The smallest absolute Gasteiger partial charge is 0.292 e. The molecule has 33 heavy (non-hydrogen) atoms. The van der Waals surface area contributed by atoms with E-state index in [1.165, 1.54) is 28.6 Å². The van der Waals surface area contributed by atoms with Crippen molar-refractivity contribution in [2.45, 2.75) is 31.2 Å². The van der Waals surface area contributed by atoms with Crippen LogP contribution in [0.3, 0.4) is 0 Å². The summed E-state index contributed by atoms with van der Waals surface area (Å²) in [5.41, 5.74) is 3.28. The number of benzene rings is 2. The molecule has 1 unspecified atom stereocenters.